The maximum atomic E-state index is 15.5. The summed E-state index contributed by atoms with van der Waals surface area (Å²) in [6.07, 6.45) is 6.12. The van der Waals surface area contributed by atoms with Crippen LogP contribution in [0.5, 0.6) is 11.5 Å². The third-order valence-electron chi connectivity index (χ3n) is 8.20. The van der Waals surface area contributed by atoms with Crippen molar-refractivity contribution in [1.82, 2.24) is 15.1 Å². The van der Waals surface area contributed by atoms with Crippen LogP contribution >= 0.6 is 0 Å². The molecular formula is C33H36FN3O5. The van der Waals surface area contributed by atoms with Crippen molar-refractivity contribution in [3.8, 4) is 22.6 Å². The van der Waals surface area contributed by atoms with E-state index in [1.54, 1.807) is 18.3 Å². The molecule has 9 heteroatoms. The average Bonchev–Trinajstić information content (AvgIpc) is 3.64. The predicted molar refractivity (Wildman–Crippen MR) is 157 cm³/mol. The lowest BCUT2D eigenvalue weighted by Gasteiger charge is -2.24. The number of hydrogen-bond acceptors (Lipinski definition) is 5. The van der Waals surface area contributed by atoms with Gasteiger partial charge < -0.3 is 24.6 Å². The van der Waals surface area contributed by atoms with Gasteiger partial charge in [-0.2, -0.15) is 5.10 Å². The summed E-state index contributed by atoms with van der Waals surface area (Å²) in [5.74, 6) is 0.446. The molecule has 1 amide bonds. The lowest BCUT2D eigenvalue weighted by atomic mass is 9.96. The summed E-state index contributed by atoms with van der Waals surface area (Å²) in [5.41, 5.74) is 4.37. The predicted octanol–water partition coefficient (Wildman–Crippen LogP) is 7.25. The number of halogens is 1. The summed E-state index contributed by atoms with van der Waals surface area (Å²) >= 11 is 0. The van der Waals surface area contributed by atoms with Crippen molar-refractivity contribution in [2.75, 3.05) is 6.61 Å². The zero-order valence-corrected chi connectivity index (χ0v) is 23.7. The van der Waals surface area contributed by atoms with Crippen LogP contribution in [0.3, 0.4) is 0 Å². The normalized spacial score (nSPS) is 20.5. The summed E-state index contributed by atoms with van der Waals surface area (Å²) in [6, 6.07) is 16.9. The fourth-order valence-electron chi connectivity index (χ4n) is 6.05. The summed E-state index contributed by atoms with van der Waals surface area (Å²) in [5, 5.41) is 17.3. The monoisotopic (exact) mass is 573 g/mol. The van der Waals surface area contributed by atoms with E-state index in [0.717, 1.165) is 58.8 Å². The Hall–Kier alpha value is -4.11. The first-order chi connectivity index (χ1) is 20.5. The van der Waals surface area contributed by atoms with Crippen LogP contribution in [0.15, 0.2) is 60.8 Å². The minimum absolute atomic E-state index is 0.145. The van der Waals surface area contributed by atoms with Crippen molar-refractivity contribution in [1.29, 1.82) is 0 Å². The molecule has 42 heavy (non-hydrogen) atoms. The third kappa shape index (κ3) is 6.06. The summed E-state index contributed by atoms with van der Waals surface area (Å²) in [4.78, 5) is 11.2. The van der Waals surface area contributed by atoms with Crippen LogP contribution < -0.4 is 14.8 Å². The molecule has 0 bridgehead atoms. The van der Waals surface area contributed by atoms with Gasteiger partial charge in [0.05, 0.1) is 17.1 Å². The first-order valence-corrected chi connectivity index (χ1v) is 14.8. The van der Waals surface area contributed by atoms with Gasteiger partial charge in [-0.15, -0.1) is 0 Å². The lowest BCUT2D eigenvalue weighted by molar-refractivity contribution is -0.0366. The van der Waals surface area contributed by atoms with Crippen LogP contribution in [-0.2, 0) is 17.8 Å². The van der Waals surface area contributed by atoms with Gasteiger partial charge in [-0.1, -0.05) is 37.3 Å². The van der Waals surface area contributed by atoms with Gasteiger partial charge in [0.15, 0.2) is 17.8 Å². The van der Waals surface area contributed by atoms with Crippen molar-refractivity contribution < 1.29 is 28.5 Å². The standard InChI is InChI=1S/C33H36FN3O5/c1-2-22-15-31(41-20-21-8-4-3-5-9-21)28(34)18-26(22)23-14-29-27(19-35-37(29)32-10-6-7-13-40-32)30(16-23)42-25-12-11-24(17-25)36-33(38)39/h3-5,8-9,14-16,18-19,24-25,32,36H,2,6-7,10-13,17,20H2,1H3,(H,38,39)/t24-,25-,32?/m0/s1. The first kappa shape index (κ1) is 28.0. The van der Waals surface area contributed by atoms with Crippen LogP contribution in [0.25, 0.3) is 22.0 Å². The highest BCUT2D eigenvalue weighted by Gasteiger charge is 2.29. The van der Waals surface area contributed by atoms with Crippen LogP contribution in [0.4, 0.5) is 9.18 Å². The molecule has 2 fully saturated rings. The Kier molecular flexibility index (Phi) is 8.28. The van der Waals surface area contributed by atoms with Crippen molar-refractivity contribution >= 4 is 17.0 Å². The van der Waals surface area contributed by atoms with Gasteiger partial charge in [-0.3, -0.25) is 0 Å². The van der Waals surface area contributed by atoms with E-state index in [1.807, 2.05) is 54.1 Å². The van der Waals surface area contributed by atoms with Crippen LogP contribution in [0.1, 0.15) is 62.8 Å². The molecule has 1 saturated heterocycles. The molecular weight excluding hydrogens is 537 g/mol. The molecule has 6 rings (SSSR count). The Morgan fingerprint density at radius 2 is 1.98 bits per heavy atom. The number of hydrogen-bond donors (Lipinski definition) is 2. The molecule has 3 aromatic carbocycles. The summed E-state index contributed by atoms with van der Waals surface area (Å²) in [6.45, 7) is 3.01. The minimum atomic E-state index is -1.02. The zero-order chi connectivity index (χ0) is 29.1. The molecule has 0 spiro atoms. The van der Waals surface area contributed by atoms with E-state index < -0.39 is 11.9 Å². The Labute approximate surface area is 244 Å². The second-order valence-electron chi connectivity index (χ2n) is 11.1. The number of nitrogens with zero attached hydrogens (tertiary/aromatic N) is 2. The second kappa shape index (κ2) is 12.4. The van der Waals surface area contributed by atoms with Crippen molar-refractivity contribution in [3.63, 3.8) is 0 Å². The molecule has 1 saturated carbocycles. The van der Waals surface area contributed by atoms with E-state index in [4.69, 9.17) is 24.4 Å². The van der Waals surface area contributed by atoms with Crippen molar-refractivity contribution in [2.45, 2.75) is 76.9 Å². The SMILES string of the molecule is CCc1cc(OCc2ccccc2)c(F)cc1-c1cc(O[C@H]2CC[C@H](NC(=O)O)C2)c2cnn(C3CCCCO3)c2c1. The van der Waals surface area contributed by atoms with E-state index >= 15 is 4.39 Å². The molecule has 4 aromatic rings. The molecule has 3 atom stereocenters. The molecule has 1 aliphatic carbocycles. The van der Waals surface area contributed by atoms with Gasteiger partial charge >= 0.3 is 6.09 Å². The molecule has 0 radical (unpaired) electrons. The molecule has 1 unspecified atom stereocenters. The van der Waals surface area contributed by atoms with Gasteiger partial charge in [-0.05, 0) is 85.0 Å². The fourth-order valence-corrected chi connectivity index (χ4v) is 6.05. The molecule has 2 heterocycles. The van der Waals surface area contributed by atoms with E-state index in [2.05, 4.69) is 5.32 Å². The van der Waals surface area contributed by atoms with Gasteiger partial charge in [-0.25, -0.2) is 13.9 Å². The van der Waals surface area contributed by atoms with Crippen LogP contribution in [0.2, 0.25) is 0 Å². The number of amides is 1. The Bertz CT molecular complexity index is 1550. The number of ether oxygens (including phenoxy) is 3. The zero-order valence-electron chi connectivity index (χ0n) is 23.7. The minimum Gasteiger partial charge on any atom is -0.490 e. The molecule has 2 N–H and O–H groups in total. The maximum Gasteiger partial charge on any atom is 0.404 e. The van der Waals surface area contributed by atoms with Gasteiger partial charge in [0.25, 0.3) is 0 Å². The highest BCUT2D eigenvalue weighted by Crippen LogP contribution is 2.39. The van der Waals surface area contributed by atoms with Crippen LogP contribution in [0, 0.1) is 5.82 Å². The highest BCUT2D eigenvalue weighted by atomic mass is 19.1. The number of carbonyl (C=O) groups is 1. The maximum absolute atomic E-state index is 15.5. The van der Waals surface area contributed by atoms with Gasteiger partial charge in [0.2, 0.25) is 0 Å². The summed E-state index contributed by atoms with van der Waals surface area (Å²) < 4.78 is 35.9. The first-order valence-electron chi connectivity index (χ1n) is 14.8. The quantitative estimate of drug-likeness (QED) is 0.219. The number of carboxylic acid groups (broad SMARTS) is 1. The number of aromatic nitrogens is 2. The Morgan fingerprint density at radius 1 is 1.12 bits per heavy atom. The van der Waals surface area contributed by atoms with E-state index in [9.17, 15) is 4.79 Å². The number of benzene rings is 3. The van der Waals surface area contributed by atoms with E-state index in [1.165, 1.54) is 0 Å². The molecule has 220 valence electrons. The molecule has 1 aromatic heterocycles. The molecule has 8 nitrogen and oxygen atoms in total. The number of rotatable bonds is 9. The smallest absolute Gasteiger partial charge is 0.404 e. The summed E-state index contributed by atoms with van der Waals surface area (Å²) in [7, 11) is 0. The third-order valence-corrected chi connectivity index (χ3v) is 8.20. The topological polar surface area (TPSA) is 94.8 Å². The van der Waals surface area contributed by atoms with Crippen molar-refractivity contribution in [2.24, 2.45) is 0 Å². The number of fused-ring (bicyclic) bond motifs is 1. The highest BCUT2D eigenvalue weighted by molar-refractivity contribution is 5.91. The second-order valence-corrected chi connectivity index (χ2v) is 11.1. The van der Waals surface area contributed by atoms with Crippen molar-refractivity contribution in [3.05, 3.63) is 77.7 Å². The van der Waals surface area contributed by atoms with E-state index in [0.29, 0.717) is 31.6 Å². The van der Waals surface area contributed by atoms with Gasteiger partial charge in [0.1, 0.15) is 18.5 Å². The Morgan fingerprint density at radius 3 is 2.74 bits per heavy atom. The average molecular weight is 574 g/mol. The number of aryl methyl sites for hydroxylation is 1. The number of nitrogens with one attached hydrogen (secondary N) is 1. The lowest BCUT2D eigenvalue weighted by Crippen LogP contribution is -2.32. The van der Waals surface area contributed by atoms with Gasteiger partial charge in [0, 0.05) is 19.1 Å². The molecule has 2 aliphatic rings. The largest absolute Gasteiger partial charge is 0.490 e. The Balaban J connectivity index is 1.36. The molecule has 1 aliphatic heterocycles. The van der Waals surface area contributed by atoms with E-state index in [-0.39, 0.29) is 30.7 Å². The fraction of sp³-hybridized carbons (Fsp3) is 0.394. The van der Waals surface area contributed by atoms with Crippen LogP contribution in [-0.4, -0.2) is 39.7 Å².